The molecule has 112 valence electrons. The Balaban J connectivity index is 2.04. The minimum Gasteiger partial charge on any atom is -0.487 e. The van der Waals surface area contributed by atoms with Crippen LogP contribution < -0.4 is 10.1 Å². The van der Waals surface area contributed by atoms with Crippen molar-refractivity contribution in [2.24, 2.45) is 0 Å². The molecule has 0 saturated carbocycles. The molecular formula is C16H11F3N2O. The number of nitrogens with zero attached hydrogens (tertiary/aromatic N) is 1. The molecule has 1 aliphatic rings. The first-order chi connectivity index (χ1) is 10.4. The molecule has 3 rings (SSSR count). The Morgan fingerprint density at radius 1 is 1.14 bits per heavy atom. The SMILES string of the molecule is N#CC1(c2ccccc2)COc2ccc(C(F)(F)F)cc2N1. The van der Waals surface area contributed by atoms with E-state index in [0.29, 0.717) is 11.3 Å². The molecule has 3 nitrogen and oxygen atoms in total. The average Bonchev–Trinajstić information content (AvgIpc) is 2.53. The predicted octanol–water partition coefficient (Wildman–Crippen LogP) is 3.93. The Morgan fingerprint density at radius 3 is 2.50 bits per heavy atom. The molecule has 1 N–H and O–H groups in total. The zero-order chi connectivity index (χ0) is 15.8. The molecule has 0 radical (unpaired) electrons. The highest BCUT2D eigenvalue weighted by molar-refractivity contribution is 5.64. The Hall–Kier alpha value is -2.68. The van der Waals surface area contributed by atoms with E-state index in [-0.39, 0.29) is 12.3 Å². The predicted molar refractivity (Wildman–Crippen MR) is 74.3 cm³/mol. The van der Waals surface area contributed by atoms with Crippen LogP contribution in [0, 0.1) is 11.3 Å². The van der Waals surface area contributed by atoms with Crippen LogP contribution in [0.4, 0.5) is 18.9 Å². The summed E-state index contributed by atoms with van der Waals surface area (Å²) in [5.74, 6) is 0.301. The fourth-order valence-electron chi connectivity index (χ4n) is 2.38. The number of fused-ring (bicyclic) bond motifs is 1. The van der Waals surface area contributed by atoms with E-state index in [1.165, 1.54) is 6.07 Å². The molecule has 2 aromatic rings. The van der Waals surface area contributed by atoms with E-state index in [1.807, 2.05) is 0 Å². The van der Waals surface area contributed by atoms with E-state index in [2.05, 4.69) is 11.4 Å². The van der Waals surface area contributed by atoms with Crippen molar-refractivity contribution < 1.29 is 17.9 Å². The molecule has 0 bridgehead atoms. The Labute approximate surface area is 124 Å². The lowest BCUT2D eigenvalue weighted by molar-refractivity contribution is -0.137. The van der Waals surface area contributed by atoms with Gasteiger partial charge in [0.05, 0.1) is 17.3 Å². The summed E-state index contributed by atoms with van der Waals surface area (Å²) >= 11 is 0. The number of hydrogen-bond donors (Lipinski definition) is 1. The van der Waals surface area contributed by atoms with Gasteiger partial charge in [0.2, 0.25) is 0 Å². The third kappa shape index (κ3) is 2.35. The summed E-state index contributed by atoms with van der Waals surface area (Å²) in [7, 11) is 0. The van der Waals surface area contributed by atoms with Crippen molar-refractivity contribution in [2.45, 2.75) is 11.7 Å². The number of halogens is 3. The second kappa shape index (κ2) is 4.95. The first-order valence-corrected chi connectivity index (χ1v) is 6.54. The van der Waals surface area contributed by atoms with Gasteiger partial charge >= 0.3 is 6.18 Å². The third-order valence-corrected chi connectivity index (χ3v) is 3.56. The van der Waals surface area contributed by atoms with Gasteiger partial charge in [-0.2, -0.15) is 18.4 Å². The zero-order valence-corrected chi connectivity index (χ0v) is 11.3. The first kappa shape index (κ1) is 14.3. The summed E-state index contributed by atoms with van der Waals surface area (Å²) in [4.78, 5) is 0. The van der Waals surface area contributed by atoms with Gasteiger partial charge in [-0.15, -0.1) is 0 Å². The van der Waals surface area contributed by atoms with Gasteiger partial charge in [0.1, 0.15) is 12.4 Å². The second-order valence-corrected chi connectivity index (χ2v) is 5.01. The zero-order valence-electron chi connectivity index (χ0n) is 11.3. The quantitative estimate of drug-likeness (QED) is 0.868. The normalized spacial score (nSPS) is 20.3. The maximum Gasteiger partial charge on any atom is 0.416 e. The van der Waals surface area contributed by atoms with E-state index in [9.17, 15) is 18.4 Å². The number of rotatable bonds is 1. The Morgan fingerprint density at radius 2 is 1.86 bits per heavy atom. The fraction of sp³-hybridized carbons (Fsp3) is 0.188. The minimum absolute atomic E-state index is 0.0197. The van der Waals surface area contributed by atoms with Crippen molar-refractivity contribution in [3.8, 4) is 11.8 Å². The molecule has 1 unspecified atom stereocenters. The molecule has 0 aliphatic carbocycles. The van der Waals surface area contributed by atoms with Crippen LogP contribution in [0.25, 0.3) is 0 Å². The van der Waals surface area contributed by atoms with Crippen LogP contribution in [0.5, 0.6) is 5.75 Å². The maximum atomic E-state index is 12.8. The largest absolute Gasteiger partial charge is 0.487 e. The number of benzene rings is 2. The van der Waals surface area contributed by atoms with Gasteiger partial charge in [0.25, 0.3) is 0 Å². The van der Waals surface area contributed by atoms with Gasteiger partial charge in [-0.1, -0.05) is 30.3 Å². The molecule has 1 heterocycles. The summed E-state index contributed by atoms with van der Waals surface area (Å²) in [6.07, 6.45) is -4.45. The number of nitriles is 1. The van der Waals surface area contributed by atoms with Gasteiger partial charge in [0, 0.05) is 0 Å². The monoisotopic (exact) mass is 304 g/mol. The van der Waals surface area contributed by atoms with Crippen LogP contribution in [0.15, 0.2) is 48.5 Å². The molecule has 0 amide bonds. The molecule has 0 spiro atoms. The highest BCUT2D eigenvalue weighted by Crippen LogP contribution is 2.40. The summed E-state index contributed by atoms with van der Waals surface area (Å²) in [6, 6.07) is 14.1. The smallest absolute Gasteiger partial charge is 0.416 e. The van der Waals surface area contributed by atoms with Crippen molar-refractivity contribution in [1.82, 2.24) is 0 Å². The van der Waals surface area contributed by atoms with Gasteiger partial charge < -0.3 is 10.1 Å². The molecule has 1 atom stereocenters. The maximum absolute atomic E-state index is 12.8. The standard InChI is InChI=1S/C16H11F3N2O/c17-16(18,19)12-6-7-14-13(8-12)21-15(9-20,10-22-14)11-4-2-1-3-5-11/h1-8,21H,10H2. The van der Waals surface area contributed by atoms with Crippen molar-refractivity contribution in [1.29, 1.82) is 5.26 Å². The fourth-order valence-corrected chi connectivity index (χ4v) is 2.38. The van der Waals surface area contributed by atoms with E-state index in [1.54, 1.807) is 30.3 Å². The Kier molecular flexibility index (Phi) is 3.21. The highest BCUT2D eigenvalue weighted by atomic mass is 19.4. The molecule has 0 aromatic heterocycles. The van der Waals surface area contributed by atoms with Crippen LogP contribution in [-0.2, 0) is 11.7 Å². The van der Waals surface area contributed by atoms with Crippen molar-refractivity contribution in [3.63, 3.8) is 0 Å². The van der Waals surface area contributed by atoms with Gasteiger partial charge in [0.15, 0.2) is 5.54 Å². The van der Waals surface area contributed by atoms with E-state index in [0.717, 1.165) is 12.1 Å². The first-order valence-electron chi connectivity index (χ1n) is 6.54. The molecular weight excluding hydrogens is 293 g/mol. The molecule has 6 heteroatoms. The molecule has 1 aliphatic heterocycles. The van der Waals surface area contributed by atoms with Crippen LogP contribution in [0.1, 0.15) is 11.1 Å². The highest BCUT2D eigenvalue weighted by Gasteiger charge is 2.39. The topological polar surface area (TPSA) is 45.0 Å². The summed E-state index contributed by atoms with van der Waals surface area (Å²) < 4.78 is 44.0. The van der Waals surface area contributed by atoms with Crippen LogP contribution in [-0.4, -0.2) is 6.61 Å². The van der Waals surface area contributed by atoms with Crippen molar-refractivity contribution >= 4 is 5.69 Å². The summed E-state index contributed by atoms with van der Waals surface area (Å²) in [6.45, 7) is 0.0197. The van der Waals surface area contributed by atoms with E-state index >= 15 is 0 Å². The number of nitrogens with one attached hydrogen (secondary N) is 1. The molecule has 0 saturated heterocycles. The van der Waals surface area contributed by atoms with E-state index in [4.69, 9.17) is 4.74 Å². The van der Waals surface area contributed by atoms with Gasteiger partial charge in [-0.3, -0.25) is 0 Å². The third-order valence-electron chi connectivity index (χ3n) is 3.56. The van der Waals surface area contributed by atoms with E-state index < -0.39 is 17.3 Å². The van der Waals surface area contributed by atoms with Crippen LogP contribution in [0.2, 0.25) is 0 Å². The van der Waals surface area contributed by atoms with Crippen LogP contribution in [0.3, 0.4) is 0 Å². The van der Waals surface area contributed by atoms with Crippen molar-refractivity contribution in [3.05, 3.63) is 59.7 Å². The summed E-state index contributed by atoms with van der Waals surface area (Å²) in [5.41, 5.74) is -1.20. The molecule has 0 fully saturated rings. The number of ether oxygens (including phenoxy) is 1. The average molecular weight is 304 g/mol. The minimum atomic E-state index is -4.45. The number of hydrogen-bond acceptors (Lipinski definition) is 3. The number of alkyl halides is 3. The summed E-state index contributed by atoms with van der Waals surface area (Å²) in [5, 5.41) is 12.4. The Bertz CT molecular complexity index is 737. The second-order valence-electron chi connectivity index (χ2n) is 5.01. The molecule has 22 heavy (non-hydrogen) atoms. The van der Waals surface area contributed by atoms with Crippen LogP contribution >= 0.6 is 0 Å². The lowest BCUT2D eigenvalue weighted by Gasteiger charge is -2.34. The van der Waals surface area contributed by atoms with Crippen molar-refractivity contribution in [2.75, 3.05) is 11.9 Å². The lowest BCUT2D eigenvalue weighted by Crippen LogP contribution is -2.43. The van der Waals surface area contributed by atoms with Gasteiger partial charge in [-0.25, -0.2) is 0 Å². The number of anilines is 1. The van der Waals surface area contributed by atoms with Gasteiger partial charge in [-0.05, 0) is 23.8 Å². The molecule has 2 aromatic carbocycles. The lowest BCUT2D eigenvalue weighted by atomic mass is 9.90.